The van der Waals surface area contributed by atoms with E-state index in [1.54, 1.807) is 17.5 Å². The molecule has 0 spiro atoms. The minimum absolute atomic E-state index is 0.230. The number of aryl methyl sites for hydroxylation is 2. The minimum atomic E-state index is -0.230. The molecule has 0 saturated carbocycles. The average Bonchev–Trinajstić information content (AvgIpc) is 2.95. The lowest BCUT2D eigenvalue weighted by molar-refractivity contribution is 0.0946. The SMILES string of the molecule is Cc1cnc(C(=O)NCc2sc(-c3ccccc3)nc2C)cn1. The van der Waals surface area contributed by atoms with E-state index in [1.165, 1.54) is 6.20 Å². The molecule has 0 unspecified atom stereocenters. The maximum absolute atomic E-state index is 12.1. The van der Waals surface area contributed by atoms with Crippen molar-refractivity contribution < 1.29 is 4.79 Å². The van der Waals surface area contributed by atoms with Gasteiger partial charge in [-0.2, -0.15) is 0 Å². The number of nitrogens with one attached hydrogen (secondary N) is 1. The third kappa shape index (κ3) is 3.60. The summed E-state index contributed by atoms with van der Waals surface area (Å²) in [5.74, 6) is -0.230. The summed E-state index contributed by atoms with van der Waals surface area (Å²) < 4.78 is 0. The number of carbonyl (C=O) groups excluding carboxylic acids is 1. The van der Waals surface area contributed by atoms with Gasteiger partial charge in [-0.3, -0.25) is 9.78 Å². The molecule has 0 radical (unpaired) electrons. The number of thiazole rings is 1. The molecule has 1 amide bonds. The monoisotopic (exact) mass is 324 g/mol. The van der Waals surface area contributed by atoms with Crippen molar-refractivity contribution in [3.05, 3.63) is 64.7 Å². The molecule has 0 aliphatic rings. The zero-order valence-electron chi connectivity index (χ0n) is 12.9. The maximum atomic E-state index is 12.1. The molecule has 0 bridgehead atoms. The predicted octanol–water partition coefficient (Wildman–Crippen LogP) is 3.15. The van der Waals surface area contributed by atoms with Gasteiger partial charge in [0.2, 0.25) is 0 Å². The highest BCUT2D eigenvalue weighted by Gasteiger charge is 2.12. The summed E-state index contributed by atoms with van der Waals surface area (Å²) in [5, 5.41) is 3.83. The Morgan fingerprint density at radius 2 is 1.91 bits per heavy atom. The van der Waals surface area contributed by atoms with Crippen LogP contribution in [0.3, 0.4) is 0 Å². The van der Waals surface area contributed by atoms with Crippen LogP contribution in [0.4, 0.5) is 0 Å². The van der Waals surface area contributed by atoms with Gasteiger partial charge >= 0.3 is 0 Å². The van der Waals surface area contributed by atoms with Crippen molar-refractivity contribution >= 4 is 17.2 Å². The molecule has 0 fully saturated rings. The van der Waals surface area contributed by atoms with Crippen LogP contribution in [0.1, 0.15) is 26.8 Å². The second-order valence-electron chi connectivity index (χ2n) is 5.12. The van der Waals surface area contributed by atoms with Gasteiger partial charge in [-0.15, -0.1) is 11.3 Å². The average molecular weight is 324 g/mol. The number of aromatic nitrogens is 3. The zero-order valence-corrected chi connectivity index (χ0v) is 13.7. The first-order valence-electron chi connectivity index (χ1n) is 7.22. The number of benzene rings is 1. The molecule has 2 aromatic heterocycles. The van der Waals surface area contributed by atoms with E-state index in [1.807, 2.05) is 44.2 Å². The standard InChI is InChI=1S/C17H16N4OS/c1-11-8-19-14(9-18-11)16(22)20-10-15-12(2)21-17(23-15)13-6-4-3-5-7-13/h3-9H,10H2,1-2H3,(H,20,22). The van der Waals surface area contributed by atoms with Crippen LogP contribution in [0.25, 0.3) is 10.6 Å². The Labute approximate surface area is 138 Å². The topological polar surface area (TPSA) is 67.8 Å². The van der Waals surface area contributed by atoms with E-state index in [4.69, 9.17) is 0 Å². The van der Waals surface area contributed by atoms with Crippen molar-refractivity contribution in [1.82, 2.24) is 20.3 Å². The van der Waals surface area contributed by atoms with E-state index >= 15 is 0 Å². The highest BCUT2D eigenvalue weighted by molar-refractivity contribution is 7.15. The molecule has 0 atom stereocenters. The molecule has 1 N–H and O–H groups in total. The third-order valence-electron chi connectivity index (χ3n) is 3.34. The summed E-state index contributed by atoms with van der Waals surface area (Å²) in [7, 11) is 0. The fraction of sp³-hybridized carbons (Fsp3) is 0.176. The molecule has 3 aromatic rings. The first-order valence-corrected chi connectivity index (χ1v) is 8.03. The smallest absolute Gasteiger partial charge is 0.271 e. The van der Waals surface area contributed by atoms with Crippen LogP contribution < -0.4 is 5.32 Å². The molecule has 23 heavy (non-hydrogen) atoms. The van der Waals surface area contributed by atoms with Crippen molar-refractivity contribution in [1.29, 1.82) is 0 Å². The second kappa shape index (κ2) is 6.66. The highest BCUT2D eigenvalue weighted by Crippen LogP contribution is 2.27. The molecule has 0 aliphatic carbocycles. The Bertz CT molecular complexity index is 812. The first kappa shape index (κ1) is 15.3. The summed E-state index contributed by atoms with van der Waals surface area (Å²) in [6.45, 7) is 4.22. The summed E-state index contributed by atoms with van der Waals surface area (Å²) in [5.41, 5.74) is 3.13. The van der Waals surface area contributed by atoms with E-state index in [2.05, 4.69) is 20.3 Å². The lowest BCUT2D eigenvalue weighted by Crippen LogP contribution is -2.23. The van der Waals surface area contributed by atoms with Crippen molar-refractivity contribution in [2.45, 2.75) is 20.4 Å². The summed E-state index contributed by atoms with van der Waals surface area (Å²) >= 11 is 1.59. The molecule has 3 rings (SSSR count). The van der Waals surface area contributed by atoms with Crippen LogP contribution in [0.15, 0.2) is 42.7 Å². The van der Waals surface area contributed by atoms with Gasteiger partial charge in [-0.25, -0.2) is 9.97 Å². The van der Waals surface area contributed by atoms with Crippen molar-refractivity contribution in [2.75, 3.05) is 0 Å². The summed E-state index contributed by atoms with van der Waals surface area (Å²) in [6, 6.07) is 10.0. The van der Waals surface area contributed by atoms with Crippen molar-refractivity contribution in [3.63, 3.8) is 0 Å². The molecule has 0 aliphatic heterocycles. The third-order valence-corrected chi connectivity index (χ3v) is 4.54. The summed E-state index contributed by atoms with van der Waals surface area (Å²) in [4.78, 5) is 25.9. The van der Waals surface area contributed by atoms with Crippen LogP contribution >= 0.6 is 11.3 Å². The van der Waals surface area contributed by atoms with Crippen LogP contribution in [-0.4, -0.2) is 20.9 Å². The van der Waals surface area contributed by atoms with Crippen LogP contribution in [-0.2, 0) is 6.54 Å². The van der Waals surface area contributed by atoms with Crippen LogP contribution in [0, 0.1) is 13.8 Å². The van der Waals surface area contributed by atoms with Gasteiger partial charge in [0, 0.05) is 16.6 Å². The summed E-state index contributed by atoms with van der Waals surface area (Å²) in [6.07, 6.45) is 3.07. The number of rotatable bonds is 4. The Kier molecular flexibility index (Phi) is 4.43. The van der Waals surface area contributed by atoms with Crippen molar-refractivity contribution in [2.24, 2.45) is 0 Å². The van der Waals surface area contributed by atoms with E-state index in [9.17, 15) is 4.79 Å². The predicted molar refractivity (Wildman–Crippen MR) is 90.2 cm³/mol. The number of amides is 1. The van der Waals surface area contributed by atoms with Crippen LogP contribution in [0.2, 0.25) is 0 Å². The zero-order chi connectivity index (χ0) is 16.2. The Balaban J connectivity index is 1.70. The quantitative estimate of drug-likeness (QED) is 0.800. The molecular weight excluding hydrogens is 308 g/mol. The molecule has 1 aromatic carbocycles. The Hall–Kier alpha value is -2.60. The highest BCUT2D eigenvalue weighted by atomic mass is 32.1. The van der Waals surface area contributed by atoms with Gasteiger partial charge in [0.1, 0.15) is 10.7 Å². The number of carbonyl (C=O) groups is 1. The minimum Gasteiger partial charge on any atom is -0.346 e. The fourth-order valence-electron chi connectivity index (χ4n) is 2.06. The molecule has 2 heterocycles. The Morgan fingerprint density at radius 3 is 2.61 bits per heavy atom. The molecule has 0 saturated heterocycles. The van der Waals surface area contributed by atoms with Gasteiger partial charge in [0.25, 0.3) is 5.91 Å². The number of nitrogens with zero attached hydrogens (tertiary/aromatic N) is 3. The molecule has 6 heteroatoms. The maximum Gasteiger partial charge on any atom is 0.271 e. The van der Waals surface area contributed by atoms with E-state index < -0.39 is 0 Å². The van der Waals surface area contributed by atoms with Gasteiger partial charge < -0.3 is 5.32 Å². The van der Waals surface area contributed by atoms with Gasteiger partial charge in [-0.1, -0.05) is 30.3 Å². The fourth-order valence-corrected chi connectivity index (χ4v) is 3.06. The van der Waals surface area contributed by atoms with Gasteiger partial charge in [0.05, 0.1) is 24.1 Å². The first-order chi connectivity index (χ1) is 11.1. The van der Waals surface area contributed by atoms with E-state index in [-0.39, 0.29) is 5.91 Å². The lowest BCUT2D eigenvalue weighted by atomic mass is 10.2. The molecule has 116 valence electrons. The van der Waals surface area contributed by atoms with Gasteiger partial charge in [0.15, 0.2) is 0 Å². The van der Waals surface area contributed by atoms with Crippen LogP contribution in [0.5, 0.6) is 0 Å². The second-order valence-corrected chi connectivity index (χ2v) is 6.20. The molecule has 5 nitrogen and oxygen atoms in total. The van der Waals surface area contributed by atoms with E-state index in [0.717, 1.165) is 26.8 Å². The number of hydrogen-bond donors (Lipinski definition) is 1. The largest absolute Gasteiger partial charge is 0.346 e. The lowest BCUT2D eigenvalue weighted by Gasteiger charge is -2.03. The normalized spacial score (nSPS) is 10.5. The molecular formula is C17H16N4OS. The Morgan fingerprint density at radius 1 is 1.13 bits per heavy atom. The number of hydrogen-bond acceptors (Lipinski definition) is 5. The van der Waals surface area contributed by atoms with E-state index in [0.29, 0.717) is 12.2 Å². The van der Waals surface area contributed by atoms with Gasteiger partial charge in [-0.05, 0) is 13.8 Å². The van der Waals surface area contributed by atoms with Crippen molar-refractivity contribution in [3.8, 4) is 10.6 Å².